The molecule has 6 nitrogen and oxygen atoms in total. The van der Waals surface area contributed by atoms with Crippen molar-refractivity contribution in [1.82, 2.24) is 15.0 Å². The SMILES string of the molecule is CCCCOc1ccc(-c2cnc(NN)cn2)cn1. The molecular formula is C13H17N5O. The second-order valence-corrected chi connectivity index (χ2v) is 4.02. The van der Waals surface area contributed by atoms with Gasteiger partial charge in [-0.25, -0.2) is 15.8 Å². The number of rotatable bonds is 6. The molecule has 0 aromatic carbocycles. The molecule has 0 fully saturated rings. The Balaban J connectivity index is 2.04. The van der Waals surface area contributed by atoms with Crippen LogP contribution in [0.15, 0.2) is 30.7 Å². The molecule has 3 N–H and O–H groups in total. The van der Waals surface area contributed by atoms with Crippen LogP contribution < -0.4 is 16.0 Å². The zero-order valence-electron chi connectivity index (χ0n) is 10.8. The summed E-state index contributed by atoms with van der Waals surface area (Å²) in [6, 6.07) is 3.75. The van der Waals surface area contributed by atoms with Crippen molar-refractivity contribution in [2.24, 2.45) is 5.84 Å². The minimum atomic E-state index is 0.524. The molecule has 0 saturated carbocycles. The van der Waals surface area contributed by atoms with Gasteiger partial charge in [0.05, 0.1) is 24.7 Å². The number of ether oxygens (including phenoxy) is 1. The average molecular weight is 259 g/mol. The molecule has 0 atom stereocenters. The van der Waals surface area contributed by atoms with E-state index >= 15 is 0 Å². The first-order chi connectivity index (χ1) is 9.33. The second-order valence-electron chi connectivity index (χ2n) is 4.02. The number of hydrogen-bond donors (Lipinski definition) is 2. The van der Waals surface area contributed by atoms with Gasteiger partial charge in [-0.15, -0.1) is 0 Å². The maximum Gasteiger partial charge on any atom is 0.213 e. The number of nitrogens with one attached hydrogen (secondary N) is 1. The highest BCUT2D eigenvalue weighted by Crippen LogP contribution is 2.18. The highest BCUT2D eigenvalue weighted by atomic mass is 16.5. The van der Waals surface area contributed by atoms with Gasteiger partial charge in [0.25, 0.3) is 0 Å². The number of aromatic nitrogens is 3. The lowest BCUT2D eigenvalue weighted by molar-refractivity contribution is 0.298. The van der Waals surface area contributed by atoms with Crippen molar-refractivity contribution < 1.29 is 4.74 Å². The molecule has 2 aromatic heterocycles. The Hall–Kier alpha value is -2.21. The van der Waals surface area contributed by atoms with E-state index in [0.29, 0.717) is 18.3 Å². The van der Waals surface area contributed by atoms with Crippen LogP contribution in [0.5, 0.6) is 5.88 Å². The summed E-state index contributed by atoms with van der Waals surface area (Å²) in [5.41, 5.74) is 4.06. The maximum absolute atomic E-state index is 5.50. The summed E-state index contributed by atoms with van der Waals surface area (Å²) in [6.07, 6.45) is 7.07. The lowest BCUT2D eigenvalue weighted by atomic mass is 10.2. The third-order valence-electron chi connectivity index (χ3n) is 2.58. The summed E-state index contributed by atoms with van der Waals surface area (Å²) >= 11 is 0. The van der Waals surface area contributed by atoms with Gasteiger partial charge in [0, 0.05) is 17.8 Å². The topological polar surface area (TPSA) is 86.0 Å². The van der Waals surface area contributed by atoms with Crippen molar-refractivity contribution in [2.45, 2.75) is 19.8 Å². The zero-order valence-corrected chi connectivity index (χ0v) is 10.8. The van der Waals surface area contributed by atoms with Gasteiger partial charge >= 0.3 is 0 Å². The van der Waals surface area contributed by atoms with E-state index in [-0.39, 0.29) is 0 Å². The lowest BCUT2D eigenvalue weighted by Crippen LogP contribution is -2.08. The van der Waals surface area contributed by atoms with E-state index < -0.39 is 0 Å². The summed E-state index contributed by atoms with van der Waals surface area (Å²) in [5.74, 6) is 6.39. The number of hydrogen-bond acceptors (Lipinski definition) is 6. The first kappa shape index (κ1) is 13.2. The summed E-state index contributed by atoms with van der Waals surface area (Å²) < 4.78 is 5.50. The molecule has 2 aromatic rings. The van der Waals surface area contributed by atoms with E-state index in [0.717, 1.165) is 24.1 Å². The number of unbranched alkanes of at least 4 members (excludes halogenated alkanes) is 1. The Morgan fingerprint density at radius 2 is 2.05 bits per heavy atom. The second kappa shape index (κ2) is 6.65. The molecule has 2 heterocycles. The lowest BCUT2D eigenvalue weighted by Gasteiger charge is -2.05. The fraction of sp³-hybridized carbons (Fsp3) is 0.308. The van der Waals surface area contributed by atoms with E-state index in [1.807, 2.05) is 12.1 Å². The van der Waals surface area contributed by atoms with Crippen molar-refractivity contribution >= 4 is 5.82 Å². The molecule has 6 heteroatoms. The molecule has 0 aliphatic carbocycles. The normalized spacial score (nSPS) is 10.2. The Morgan fingerprint density at radius 3 is 2.63 bits per heavy atom. The van der Waals surface area contributed by atoms with E-state index in [2.05, 4.69) is 27.3 Å². The summed E-state index contributed by atoms with van der Waals surface area (Å²) in [7, 11) is 0. The number of pyridine rings is 1. The Morgan fingerprint density at radius 1 is 1.16 bits per heavy atom. The summed E-state index contributed by atoms with van der Waals surface area (Å²) in [6.45, 7) is 2.82. The van der Waals surface area contributed by atoms with Gasteiger partial charge < -0.3 is 10.2 Å². The summed E-state index contributed by atoms with van der Waals surface area (Å²) in [5, 5.41) is 0. The van der Waals surface area contributed by atoms with Gasteiger partial charge in [-0.3, -0.25) is 4.98 Å². The fourth-order valence-corrected chi connectivity index (χ4v) is 1.49. The Labute approximate surface area is 112 Å². The molecule has 2 rings (SSSR count). The largest absolute Gasteiger partial charge is 0.478 e. The molecule has 0 radical (unpaired) electrons. The predicted molar refractivity (Wildman–Crippen MR) is 73.5 cm³/mol. The Kier molecular flexibility index (Phi) is 4.63. The average Bonchev–Trinajstić information content (AvgIpc) is 2.48. The molecule has 0 saturated heterocycles. The predicted octanol–water partition coefficient (Wildman–Crippen LogP) is 2.00. The fourth-order valence-electron chi connectivity index (χ4n) is 1.49. The number of nitrogens with two attached hydrogens (primary N) is 1. The van der Waals surface area contributed by atoms with Gasteiger partial charge in [-0.1, -0.05) is 13.3 Å². The highest BCUT2D eigenvalue weighted by Gasteiger charge is 2.02. The maximum atomic E-state index is 5.50. The van der Waals surface area contributed by atoms with Gasteiger partial charge in [0.1, 0.15) is 0 Å². The van der Waals surface area contributed by atoms with Crippen LogP contribution in [0, 0.1) is 0 Å². The van der Waals surface area contributed by atoms with Crippen molar-refractivity contribution in [3.8, 4) is 17.1 Å². The van der Waals surface area contributed by atoms with E-state index in [4.69, 9.17) is 10.6 Å². The molecule has 0 aliphatic heterocycles. The number of anilines is 1. The molecule has 0 amide bonds. The number of hydrazine groups is 1. The smallest absolute Gasteiger partial charge is 0.213 e. The number of nitrogen functional groups attached to an aromatic ring is 1. The molecule has 0 spiro atoms. The Bertz CT molecular complexity index is 497. The first-order valence-corrected chi connectivity index (χ1v) is 6.21. The van der Waals surface area contributed by atoms with Crippen molar-refractivity contribution in [1.29, 1.82) is 0 Å². The molecular weight excluding hydrogens is 242 g/mol. The van der Waals surface area contributed by atoms with Crippen LogP contribution in [0.1, 0.15) is 19.8 Å². The standard InChI is InChI=1S/C13H17N5O/c1-2-3-6-19-13-5-4-10(7-17-13)11-8-16-12(18-14)9-15-11/h4-5,7-9H,2-3,6,14H2,1H3,(H,16,18). The van der Waals surface area contributed by atoms with Gasteiger partial charge in [0.15, 0.2) is 5.82 Å². The highest BCUT2D eigenvalue weighted by molar-refractivity contribution is 5.57. The van der Waals surface area contributed by atoms with Gasteiger partial charge in [-0.2, -0.15) is 0 Å². The van der Waals surface area contributed by atoms with Crippen LogP contribution in [-0.4, -0.2) is 21.6 Å². The minimum Gasteiger partial charge on any atom is -0.478 e. The van der Waals surface area contributed by atoms with E-state index in [1.165, 1.54) is 0 Å². The third kappa shape index (κ3) is 3.62. The van der Waals surface area contributed by atoms with Crippen LogP contribution in [-0.2, 0) is 0 Å². The number of nitrogens with zero attached hydrogens (tertiary/aromatic N) is 3. The van der Waals surface area contributed by atoms with E-state index in [1.54, 1.807) is 18.6 Å². The summed E-state index contributed by atoms with van der Waals surface area (Å²) in [4.78, 5) is 12.6. The van der Waals surface area contributed by atoms with Crippen molar-refractivity contribution in [2.75, 3.05) is 12.0 Å². The minimum absolute atomic E-state index is 0.524. The zero-order chi connectivity index (χ0) is 13.5. The van der Waals surface area contributed by atoms with Crippen LogP contribution >= 0.6 is 0 Å². The molecule has 19 heavy (non-hydrogen) atoms. The molecule has 0 aliphatic rings. The molecule has 0 bridgehead atoms. The van der Waals surface area contributed by atoms with Crippen LogP contribution in [0.25, 0.3) is 11.3 Å². The van der Waals surface area contributed by atoms with Crippen LogP contribution in [0.4, 0.5) is 5.82 Å². The van der Waals surface area contributed by atoms with E-state index in [9.17, 15) is 0 Å². The molecule has 100 valence electrons. The quantitative estimate of drug-likeness (QED) is 0.469. The van der Waals surface area contributed by atoms with Crippen LogP contribution in [0.3, 0.4) is 0 Å². The van der Waals surface area contributed by atoms with Crippen molar-refractivity contribution in [3.63, 3.8) is 0 Å². The van der Waals surface area contributed by atoms with Gasteiger partial charge in [-0.05, 0) is 12.5 Å². The van der Waals surface area contributed by atoms with Crippen LogP contribution in [0.2, 0.25) is 0 Å². The first-order valence-electron chi connectivity index (χ1n) is 6.21. The third-order valence-corrected chi connectivity index (χ3v) is 2.58. The van der Waals surface area contributed by atoms with Crippen molar-refractivity contribution in [3.05, 3.63) is 30.7 Å². The van der Waals surface area contributed by atoms with Gasteiger partial charge in [0.2, 0.25) is 5.88 Å². The monoisotopic (exact) mass is 259 g/mol. The molecule has 0 unspecified atom stereocenters.